The molecule has 2 aromatic heterocycles. The molecule has 0 saturated heterocycles. The minimum absolute atomic E-state index is 0.0917. The molecule has 1 fully saturated rings. The van der Waals surface area contributed by atoms with Gasteiger partial charge in [0.05, 0.1) is 22.1 Å². The van der Waals surface area contributed by atoms with Gasteiger partial charge in [-0.3, -0.25) is 0 Å². The fourth-order valence-electron chi connectivity index (χ4n) is 12.0. The molecule has 1 aliphatic carbocycles. The van der Waals surface area contributed by atoms with E-state index in [4.69, 9.17) is 0 Å². The second-order valence-electron chi connectivity index (χ2n) is 18.3. The van der Waals surface area contributed by atoms with Crippen LogP contribution in [0.5, 0.6) is 0 Å². The summed E-state index contributed by atoms with van der Waals surface area (Å²) in [6.45, 7) is 0.0917. The Balaban J connectivity index is 0.964. The minimum atomic E-state index is 0.0917. The van der Waals surface area contributed by atoms with E-state index in [1.807, 2.05) is 0 Å². The topological polar surface area (TPSA) is 16.3 Å². The Bertz CT molecular complexity index is 3330. The Morgan fingerprint density at radius 1 is 0.338 bits per heavy atom. The molecule has 0 unspecified atom stereocenters. The van der Waals surface area contributed by atoms with Gasteiger partial charge in [-0.05, 0) is 138 Å². The van der Waals surface area contributed by atoms with Crippen molar-refractivity contribution in [3.63, 3.8) is 0 Å². The van der Waals surface area contributed by atoms with Gasteiger partial charge in [-0.2, -0.15) is 0 Å². The summed E-state index contributed by atoms with van der Waals surface area (Å²) in [6.07, 6.45) is 6.36. The van der Waals surface area contributed by atoms with Crippen LogP contribution in [0.2, 0.25) is 0 Å². The maximum Gasteiger partial charge on any atom is 0.252 e. The standard InChI is InChI=1S/C60H45BN4/c1-2-16-40(17-3-1)41-38-58-60-59(39-41)65(45-36-32-43(33-37-45)63-54-26-12-6-20-48(54)49-21-7-13-27-55(49)63)57-29-15-9-23-51(57)61(60)50-22-8-14-28-56(50)64(58)44-34-30-42(31-35-44)62-52-24-10-4-18-46(52)47-19-5-11-25-53(47)62/h4-15,18-40H,1-3,16-17H2. The average Bonchev–Trinajstić information content (AvgIpc) is 3.90. The lowest BCUT2D eigenvalue weighted by atomic mass is 9.33. The quantitative estimate of drug-likeness (QED) is 0.161. The van der Waals surface area contributed by atoms with Gasteiger partial charge in [0.25, 0.3) is 6.71 Å². The van der Waals surface area contributed by atoms with Crippen molar-refractivity contribution in [1.29, 1.82) is 0 Å². The summed E-state index contributed by atoms with van der Waals surface area (Å²) in [5, 5.41) is 5.11. The Hall–Kier alpha value is -7.76. The molecule has 0 spiro atoms. The van der Waals surface area contributed by atoms with Crippen LogP contribution in [-0.2, 0) is 0 Å². The third-order valence-corrected chi connectivity index (χ3v) is 14.9. The maximum absolute atomic E-state index is 2.58. The molecule has 4 heterocycles. The highest BCUT2D eigenvalue weighted by atomic mass is 15.2. The molecule has 11 aromatic rings. The highest BCUT2D eigenvalue weighted by Crippen LogP contribution is 2.47. The Kier molecular flexibility index (Phi) is 8.12. The van der Waals surface area contributed by atoms with Crippen molar-refractivity contribution in [3.05, 3.63) is 212 Å². The molecule has 2 aliphatic heterocycles. The molecular weight excluding hydrogens is 787 g/mol. The summed E-state index contributed by atoms with van der Waals surface area (Å²) in [5.74, 6) is 0.525. The first kappa shape index (κ1) is 36.7. The summed E-state index contributed by atoms with van der Waals surface area (Å²) < 4.78 is 4.84. The first-order valence-corrected chi connectivity index (χ1v) is 23.4. The lowest BCUT2D eigenvalue weighted by molar-refractivity contribution is 0.444. The van der Waals surface area contributed by atoms with E-state index in [1.165, 1.54) is 132 Å². The van der Waals surface area contributed by atoms with Gasteiger partial charge in [0.2, 0.25) is 0 Å². The van der Waals surface area contributed by atoms with E-state index in [0.29, 0.717) is 5.92 Å². The second kappa shape index (κ2) is 14.4. The summed E-state index contributed by atoms with van der Waals surface area (Å²) in [7, 11) is 0. The molecule has 4 nitrogen and oxygen atoms in total. The van der Waals surface area contributed by atoms with Crippen LogP contribution in [0.15, 0.2) is 206 Å². The number of hydrogen-bond donors (Lipinski definition) is 0. The molecule has 14 rings (SSSR count). The number of hydrogen-bond acceptors (Lipinski definition) is 2. The zero-order valence-corrected chi connectivity index (χ0v) is 36.1. The van der Waals surface area contributed by atoms with Crippen molar-refractivity contribution in [1.82, 2.24) is 9.13 Å². The van der Waals surface area contributed by atoms with Gasteiger partial charge in [0, 0.05) is 67.0 Å². The third kappa shape index (κ3) is 5.45. The highest BCUT2D eigenvalue weighted by molar-refractivity contribution is 7.00. The van der Waals surface area contributed by atoms with Gasteiger partial charge >= 0.3 is 0 Å². The zero-order chi connectivity index (χ0) is 42.6. The van der Waals surface area contributed by atoms with Crippen LogP contribution < -0.4 is 26.2 Å². The fraction of sp³-hybridized carbons (Fsp3) is 0.100. The molecule has 0 N–H and O–H groups in total. The Morgan fingerprint density at radius 3 is 1.11 bits per heavy atom. The van der Waals surface area contributed by atoms with E-state index < -0.39 is 0 Å². The zero-order valence-electron chi connectivity index (χ0n) is 36.1. The van der Waals surface area contributed by atoms with E-state index in [-0.39, 0.29) is 6.71 Å². The molecule has 65 heavy (non-hydrogen) atoms. The molecule has 0 bridgehead atoms. The number of rotatable bonds is 5. The molecule has 0 atom stereocenters. The molecule has 9 aromatic carbocycles. The molecule has 308 valence electrons. The third-order valence-electron chi connectivity index (χ3n) is 14.9. The smallest absolute Gasteiger partial charge is 0.252 e. The van der Waals surface area contributed by atoms with E-state index in [1.54, 1.807) is 0 Å². The van der Waals surface area contributed by atoms with E-state index in [2.05, 4.69) is 225 Å². The maximum atomic E-state index is 2.58. The van der Waals surface area contributed by atoms with Crippen LogP contribution in [0.3, 0.4) is 0 Å². The van der Waals surface area contributed by atoms with Gasteiger partial charge in [-0.15, -0.1) is 0 Å². The summed E-state index contributed by atoms with van der Waals surface area (Å²) in [5.41, 5.74) is 20.2. The Labute approximate surface area is 379 Å². The molecule has 5 heteroatoms. The van der Waals surface area contributed by atoms with Crippen LogP contribution in [0.25, 0.3) is 55.0 Å². The molecule has 0 amide bonds. The number of nitrogens with zero attached hydrogens (tertiary/aromatic N) is 4. The van der Waals surface area contributed by atoms with Crippen molar-refractivity contribution in [2.45, 2.75) is 38.0 Å². The van der Waals surface area contributed by atoms with Crippen LogP contribution in [0.1, 0.15) is 43.6 Å². The number of para-hydroxylation sites is 6. The van der Waals surface area contributed by atoms with Gasteiger partial charge in [0.15, 0.2) is 0 Å². The molecule has 3 aliphatic rings. The second-order valence-corrected chi connectivity index (χ2v) is 18.3. The summed E-state index contributed by atoms with van der Waals surface area (Å²) in [4.78, 5) is 5.15. The van der Waals surface area contributed by atoms with E-state index >= 15 is 0 Å². The SMILES string of the molecule is c1ccc2c(c1)B1c3ccccc3N(c3ccc(-n4c5ccccc5c5ccccc54)cc3)c3cc(C4CCCCC4)cc(c31)N2c1ccc(-n2c3ccccc3c3ccccc32)cc1. The van der Waals surface area contributed by atoms with Crippen LogP contribution in [0.4, 0.5) is 34.1 Å². The van der Waals surface area contributed by atoms with E-state index in [0.717, 1.165) is 11.4 Å². The predicted octanol–water partition coefficient (Wildman–Crippen LogP) is 14.0. The van der Waals surface area contributed by atoms with Crippen molar-refractivity contribution in [2.75, 3.05) is 9.80 Å². The van der Waals surface area contributed by atoms with Crippen molar-refractivity contribution < 1.29 is 0 Å². The predicted molar refractivity (Wildman–Crippen MR) is 275 cm³/mol. The minimum Gasteiger partial charge on any atom is -0.311 e. The normalized spacial score (nSPS) is 14.6. The highest BCUT2D eigenvalue weighted by Gasteiger charge is 2.43. The summed E-state index contributed by atoms with van der Waals surface area (Å²) in [6, 6.07) is 77.3. The largest absolute Gasteiger partial charge is 0.311 e. The first-order valence-electron chi connectivity index (χ1n) is 23.4. The number of aromatic nitrogens is 2. The fourth-order valence-corrected chi connectivity index (χ4v) is 12.0. The first-order chi connectivity index (χ1) is 32.3. The van der Waals surface area contributed by atoms with Gasteiger partial charge in [-0.25, -0.2) is 0 Å². The lowest BCUT2D eigenvalue weighted by Gasteiger charge is -2.45. The van der Waals surface area contributed by atoms with Gasteiger partial charge in [-0.1, -0.05) is 128 Å². The molecule has 0 radical (unpaired) electrons. The van der Waals surface area contributed by atoms with Crippen molar-refractivity contribution in [3.8, 4) is 11.4 Å². The molecule has 1 saturated carbocycles. The van der Waals surface area contributed by atoms with Crippen LogP contribution in [0, 0.1) is 0 Å². The Morgan fingerprint density at radius 2 is 0.692 bits per heavy atom. The van der Waals surface area contributed by atoms with Crippen molar-refractivity contribution in [2.24, 2.45) is 0 Å². The summed E-state index contributed by atoms with van der Waals surface area (Å²) >= 11 is 0. The van der Waals surface area contributed by atoms with Crippen LogP contribution in [-0.4, -0.2) is 15.8 Å². The number of fused-ring (bicyclic) bond motifs is 10. The van der Waals surface area contributed by atoms with Crippen molar-refractivity contribution >= 4 is 101 Å². The monoisotopic (exact) mass is 832 g/mol. The number of benzene rings is 9. The average molecular weight is 833 g/mol. The van der Waals surface area contributed by atoms with Gasteiger partial charge in [0.1, 0.15) is 0 Å². The van der Waals surface area contributed by atoms with Crippen LogP contribution >= 0.6 is 0 Å². The van der Waals surface area contributed by atoms with Gasteiger partial charge < -0.3 is 18.9 Å². The number of anilines is 6. The molecular formula is C60H45BN4. The lowest BCUT2D eigenvalue weighted by Crippen LogP contribution is -2.61. The van der Waals surface area contributed by atoms with E-state index in [9.17, 15) is 0 Å².